The van der Waals surface area contributed by atoms with E-state index in [4.69, 9.17) is 19.9 Å². The average Bonchev–Trinajstić information content (AvgIpc) is 3.05. The largest absolute Gasteiger partial charge is 0.493 e. The van der Waals surface area contributed by atoms with Crippen LogP contribution in [0.2, 0.25) is 0 Å². The highest BCUT2D eigenvalue weighted by atomic mass is 35.5. The Hall–Kier alpha value is -1.13. The summed E-state index contributed by atoms with van der Waals surface area (Å²) in [6.45, 7) is 0.258. The van der Waals surface area contributed by atoms with Crippen molar-refractivity contribution >= 4 is 12.4 Å². The molecule has 2 aliphatic rings. The summed E-state index contributed by atoms with van der Waals surface area (Å²) in [5, 5.41) is 0. The van der Waals surface area contributed by atoms with Gasteiger partial charge in [0, 0.05) is 6.04 Å². The molecule has 1 aliphatic heterocycles. The van der Waals surface area contributed by atoms with Gasteiger partial charge in [-0.25, -0.2) is 0 Å². The fourth-order valence-electron chi connectivity index (χ4n) is 2.07. The van der Waals surface area contributed by atoms with Crippen LogP contribution in [-0.4, -0.2) is 13.9 Å². The number of hydrogen-bond donors (Lipinski definition) is 1. The molecule has 1 saturated carbocycles. The van der Waals surface area contributed by atoms with E-state index in [2.05, 4.69) is 0 Å². The normalized spacial score (nSPS) is 18.5. The van der Waals surface area contributed by atoms with E-state index in [1.807, 2.05) is 12.1 Å². The summed E-state index contributed by atoms with van der Waals surface area (Å²) in [4.78, 5) is 0. The number of ether oxygens (including phenoxy) is 3. The quantitative estimate of drug-likeness (QED) is 0.902. The fraction of sp³-hybridized carbons (Fsp3) is 0.500. The van der Waals surface area contributed by atoms with Gasteiger partial charge in [-0.1, -0.05) is 0 Å². The van der Waals surface area contributed by atoms with E-state index < -0.39 is 0 Å². The highest BCUT2D eigenvalue weighted by Crippen LogP contribution is 2.46. The summed E-state index contributed by atoms with van der Waals surface area (Å²) in [6.07, 6.45) is 2.44. The molecule has 2 N–H and O–H groups in total. The smallest absolute Gasteiger partial charge is 0.231 e. The average molecular weight is 258 g/mol. The minimum Gasteiger partial charge on any atom is -0.493 e. The molecule has 5 heteroatoms. The lowest BCUT2D eigenvalue weighted by atomic mass is 10.0. The summed E-state index contributed by atoms with van der Waals surface area (Å²) in [5.41, 5.74) is 7.24. The second-order valence-electron chi connectivity index (χ2n) is 4.32. The molecule has 4 nitrogen and oxygen atoms in total. The van der Waals surface area contributed by atoms with E-state index in [-0.39, 0.29) is 25.2 Å². The first-order valence-electron chi connectivity index (χ1n) is 5.52. The van der Waals surface area contributed by atoms with Gasteiger partial charge in [0.05, 0.1) is 7.11 Å². The topological polar surface area (TPSA) is 53.7 Å². The van der Waals surface area contributed by atoms with Crippen LogP contribution in [0.15, 0.2) is 12.1 Å². The van der Waals surface area contributed by atoms with Crippen LogP contribution in [0.4, 0.5) is 0 Å². The molecular formula is C12H16ClNO3. The zero-order valence-corrected chi connectivity index (χ0v) is 10.5. The molecule has 1 aliphatic carbocycles. The third-order valence-electron chi connectivity index (χ3n) is 3.20. The maximum absolute atomic E-state index is 6.17. The van der Waals surface area contributed by atoms with E-state index in [0.717, 1.165) is 11.3 Å². The van der Waals surface area contributed by atoms with Crippen molar-refractivity contribution in [1.82, 2.24) is 0 Å². The molecule has 94 valence electrons. The molecule has 0 aromatic heterocycles. The summed E-state index contributed by atoms with van der Waals surface area (Å²) in [6, 6.07) is 4.01. The van der Waals surface area contributed by atoms with Gasteiger partial charge in [0.25, 0.3) is 0 Å². The van der Waals surface area contributed by atoms with Gasteiger partial charge in [-0.15, -0.1) is 12.4 Å². The first kappa shape index (κ1) is 12.3. The van der Waals surface area contributed by atoms with Gasteiger partial charge < -0.3 is 19.9 Å². The highest BCUT2D eigenvalue weighted by molar-refractivity contribution is 5.85. The molecule has 0 unspecified atom stereocenters. The summed E-state index contributed by atoms with van der Waals surface area (Å²) >= 11 is 0. The van der Waals surface area contributed by atoms with Crippen molar-refractivity contribution in [1.29, 1.82) is 0 Å². The van der Waals surface area contributed by atoms with Crippen LogP contribution in [0.5, 0.6) is 17.2 Å². The molecule has 1 aromatic rings. The molecule has 3 rings (SSSR count). The van der Waals surface area contributed by atoms with Gasteiger partial charge in [0.2, 0.25) is 12.5 Å². The molecule has 1 heterocycles. The predicted molar refractivity (Wildman–Crippen MR) is 66.0 cm³/mol. The van der Waals surface area contributed by atoms with E-state index in [9.17, 15) is 0 Å². The van der Waals surface area contributed by atoms with Crippen LogP contribution in [0.25, 0.3) is 0 Å². The van der Waals surface area contributed by atoms with E-state index in [0.29, 0.717) is 17.4 Å². The van der Waals surface area contributed by atoms with Crippen LogP contribution in [0.3, 0.4) is 0 Å². The fourth-order valence-corrected chi connectivity index (χ4v) is 2.07. The van der Waals surface area contributed by atoms with Gasteiger partial charge in [0.15, 0.2) is 11.5 Å². The Morgan fingerprint density at radius 1 is 1.35 bits per heavy atom. The molecule has 0 saturated heterocycles. The van der Waals surface area contributed by atoms with E-state index in [1.54, 1.807) is 7.11 Å². The molecule has 1 aromatic carbocycles. The Morgan fingerprint density at radius 2 is 2.12 bits per heavy atom. The van der Waals surface area contributed by atoms with Crippen LogP contribution >= 0.6 is 12.4 Å². The van der Waals surface area contributed by atoms with Crippen molar-refractivity contribution in [2.75, 3.05) is 13.9 Å². The molecule has 0 spiro atoms. The Kier molecular flexibility index (Phi) is 3.35. The number of hydrogen-bond acceptors (Lipinski definition) is 4. The van der Waals surface area contributed by atoms with Gasteiger partial charge in [-0.2, -0.15) is 0 Å². The van der Waals surface area contributed by atoms with Gasteiger partial charge in [-0.3, -0.25) is 0 Å². The van der Waals surface area contributed by atoms with Crippen molar-refractivity contribution < 1.29 is 14.2 Å². The summed E-state index contributed by atoms with van der Waals surface area (Å²) in [5.74, 6) is 2.76. The van der Waals surface area contributed by atoms with E-state index >= 15 is 0 Å². The van der Waals surface area contributed by atoms with Crippen LogP contribution in [-0.2, 0) is 0 Å². The lowest BCUT2D eigenvalue weighted by molar-refractivity contribution is 0.171. The molecule has 1 fully saturated rings. The number of halogens is 1. The Labute approximate surface area is 106 Å². The maximum Gasteiger partial charge on any atom is 0.231 e. The lowest BCUT2D eigenvalue weighted by Crippen LogP contribution is -2.12. The minimum absolute atomic E-state index is 0. The van der Waals surface area contributed by atoms with Crippen molar-refractivity contribution in [2.24, 2.45) is 11.7 Å². The number of methoxy groups -OCH3 is 1. The highest BCUT2D eigenvalue weighted by Gasteiger charge is 2.31. The zero-order valence-electron chi connectivity index (χ0n) is 9.64. The van der Waals surface area contributed by atoms with Gasteiger partial charge >= 0.3 is 0 Å². The molecule has 1 atom stereocenters. The number of fused-ring (bicyclic) bond motifs is 1. The summed E-state index contributed by atoms with van der Waals surface area (Å²) in [7, 11) is 1.63. The van der Waals surface area contributed by atoms with Gasteiger partial charge in [0.1, 0.15) is 0 Å². The van der Waals surface area contributed by atoms with E-state index in [1.165, 1.54) is 12.8 Å². The molecular weight excluding hydrogens is 242 g/mol. The zero-order chi connectivity index (χ0) is 11.1. The first-order chi connectivity index (χ1) is 7.79. The minimum atomic E-state index is 0. The van der Waals surface area contributed by atoms with Crippen LogP contribution < -0.4 is 19.9 Å². The molecule has 0 radical (unpaired) electrons. The van der Waals surface area contributed by atoms with Crippen molar-refractivity contribution in [2.45, 2.75) is 18.9 Å². The molecule has 17 heavy (non-hydrogen) atoms. The lowest BCUT2D eigenvalue weighted by Gasteiger charge is -2.13. The third kappa shape index (κ3) is 2.15. The monoisotopic (exact) mass is 257 g/mol. The Balaban J connectivity index is 0.00000108. The van der Waals surface area contributed by atoms with Crippen LogP contribution in [0, 0.1) is 5.92 Å². The van der Waals surface area contributed by atoms with Gasteiger partial charge in [-0.05, 0) is 36.5 Å². The second-order valence-corrected chi connectivity index (χ2v) is 4.32. The first-order valence-corrected chi connectivity index (χ1v) is 5.52. The second kappa shape index (κ2) is 4.63. The van der Waals surface area contributed by atoms with Crippen molar-refractivity contribution in [3.05, 3.63) is 17.7 Å². The van der Waals surface area contributed by atoms with Crippen molar-refractivity contribution in [3.8, 4) is 17.2 Å². The van der Waals surface area contributed by atoms with Crippen molar-refractivity contribution in [3.63, 3.8) is 0 Å². The maximum atomic E-state index is 6.17. The molecule has 0 bridgehead atoms. The SMILES string of the molecule is COc1cc([C@@H](N)C2CC2)cc2c1OCO2.Cl. The Morgan fingerprint density at radius 3 is 2.76 bits per heavy atom. The predicted octanol–water partition coefficient (Wildman–Crippen LogP) is 2.26. The number of benzene rings is 1. The summed E-state index contributed by atoms with van der Waals surface area (Å²) < 4.78 is 16.0. The Bertz CT molecular complexity index is 420. The number of rotatable bonds is 3. The number of nitrogens with two attached hydrogens (primary N) is 1. The van der Waals surface area contributed by atoms with Crippen LogP contribution in [0.1, 0.15) is 24.4 Å². The third-order valence-corrected chi connectivity index (χ3v) is 3.20. The standard InChI is InChI=1S/C12H15NO3.ClH/c1-14-9-4-8(11(13)7-2-3-7)5-10-12(9)16-6-15-10;/h4-5,7,11H,2-3,6,13H2,1H3;1H/t11-;/m0./s1. The molecule has 0 amide bonds.